The van der Waals surface area contributed by atoms with Gasteiger partial charge in [-0.25, -0.2) is 4.39 Å². The first-order valence-electron chi connectivity index (χ1n) is 6.48. The van der Waals surface area contributed by atoms with E-state index in [1.807, 2.05) is 0 Å². The fraction of sp³-hybridized carbons (Fsp3) is 0.500. The van der Waals surface area contributed by atoms with Gasteiger partial charge in [0.2, 0.25) is 0 Å². The zero-order valence-electron chi connectivity index (χ0n) is 12.1. The molecule has 0 aliphatic carbocycles. The summed E-state index contributed by atoms with van der Waals surface area (Å²) in [6.45, 7) is 9.12. The van der Waals surface area contributed by atoms with Crippen LogP contribution >= 0.6 is 0 Å². The molecule has 0 atom stereocenters. The largest absolute Gasteiger partial charge is 0.492 e. The number of hydrogen-bond donors (Lipinski definition) is 1. The molecule has 3 heteroatoms. The average Bonchev–Trinajstić information content (AvgIpc) is 2.33. The van der Waals surface area contributed by atoms with Gasteiger partial charge < -0.3 is 10.1 Å². The van der Waals surface area contributed by atoms with Crippen molar-refractivity contribution in [2.45, 2.75) is 46.2 Å². The summed E-state index contributed by atoms with van der Waals surface area (Å²) < 4.78 is 19.0. The van der Waals surface area contributed by atoms with Crippen molar-refractivity contribution in [3.63, 3.8) is 0 Å². The van der Waals surface area contributed by atoms with E-state index in [4.69, 9.17) is 4.74 Å². The summed E-state index contributed by atoms with van der Waals surface area (Å²) in [5, 5.41) is 3.33. The van der Waals surface area contributed by atoms with Gasteiger partial charge in [-0.2, -0.15) is 0 Å². The van der Waals surface area contributed by atoms with Crippen molar-refractivity contribution >= 4 is 0 Å². The molecule has 1 N–H and O–H groups in total. The molecule has 1 rings (SSSR count). The van der Waals surface area contributed by atoms with Gasteiger partial charge in [-0.1, -0.05) is 0 Å². The third-order valence-corrected chi connectivity index (χ3v) is 2.49. The van der Waals surface area contributed by atoms with Gasteiger partial charge in [0, 0.05) is 24.1 Å². The molecule has 19 heavy (non-hydrogen) atoms. The molecule has 1 aromatic carbocycles. The highest BCUT2D eigenvalue weighted by Gasteiger charge is 2.11. The Morgan fingerprint density at radius 1 is 1.32 bits per heavy atom. The van der Waals surface area contributed by atoms with Crippen LogP contribution < -0.4 is 10.1 Å². The summed E-state index contributed by atoms with van der Waals surface area (Å²) in [4.78, 5) is 0. The summed E-state index contributed by atoms with van der Waals surface area (Å²) >= 11 is 0. The van der Waals surface area contributed by atoms with Crippen molar-refractivity contribution in [2.24, 2.45) is 0 Å². The second-order valence-electron chi connectivity index (χ2n) is 5.38. The number of hydrogen-bond acceptors (Lipinski definition) is 2. The summed E-state index contributed by atoms with van der Waals surface area (Å²) in [6, 6.07) is 4.61. The van der Waals surface area contributed by atoms with E-state index in [1.165, 1.54) is 12.1 Å². The van der Waals surface area contributed by atoms with Crippen molar-refractivity contribution in [3.05, 3.63) is 29.6 Å². The third kappa shape index (κ3) is 6.26. The minimum absolute atomic E-state index is 0.0166. The van der Waals surface area contributed by atoms with E-state index in [9.17, 15) is 4.39 Å². The van der Waals surface area contributed by atoms with Crippen LogP contribution in [0.1, 0.15) is 39.7 Å². The molecular weight excluding hydrogens is 241 g/mol. The van der Waals surface area contributed by atoms with Gasteiger partial charge in [-0.15, -0.1) is 11.8 Å². The van der Waals surface area contributed by atoms with Crippen LogP contribution in [0.25, 0.3) is 0 Å². The monoisotopic (exact) mass is 263 g/mol. The van der Waals surface area contributed by atoms with E-state index in [0.717, 1.165) is 11.3 Å². The molecule has 0 amide bonds. The average molecular weight is 263 g/mol. The lowest BCUT2D eigenvalue weighted by Crippen LogP contribution is -2.35. The molecule has 0 fully saturated rings. The fourth-order valence-electron chi connectivity index (χ4n) is 1.52. The third-order valence-electron chi connectivity index (χ3n) is 2.49. The Labute approximate surface area is 115 Å². The predicted molar refractivity (Wildman–Crippen MR) is 76.6 cm³/mol. The molecule has 0 aliphatic heterocycles. The molecule has 104 valence electrons. The molecule has 0 spiro atoms. The van der Waals surface area contributed by atoms with Gasteiger partial charge in [-0.3, -0.25) is 0 Å². The van der Waals surface area contributed by atoms with E-state index in [0.29, 0.717) is 19.6 Å². The van der Waals surface area contributed by atoms with Crippen LogP contribution in [-0.2, 0) is 6.54 Å². The van der Waals surface area contributed by atoms with Gasteiger partial charge in [0.05, 0.1) is 6.61 Å². The Bertz CT molecular complexity index is 466. The van der Waals surface area contributed by atoms with Gasteiger partial charge in [-0.05, 0) is 45.9 Å². The maximum absolute atomic E-state index is 13.3. The first-order valence-corrected chi connectivity index (χ1v) is 6.48. The lowest BCUT2D eigenvalue weighted by Gasteiger charge is -2.21. The van der Waals surface area contributed by atoms with Gasteiger partial charge in [0.1, 0.15) is 11.6 Å². The first kappa shape index (κ1) is 15.5. The van der Waals surface area contributed by atoms with Crippen molar-refractivity contribution < 1.29 is 9.13 Å². The minimum Gasteiger partial charge on any atom is -0.492 e. The van der Waals surface area contributed by atoms with E-state index in [1.54, 1.807) is 13.0 Å². The van der Waals surface area contributed by atoms with Gasteiger partial charge in [0.15, 0.2) is 0 Å². The molecule has 2 nitrogen and oxygen atoms in total. The second-order valence-corrected chi connectivity index (χ2v) is 5.38. The summed E-state index contributed by atoms with van der Waals surface area (Å²) in [6.07, 6.45) is 0.681. The lowest BCUT2D eigenvalue weighted by molar-refractivity contribution is 0.319. The molecule has 0 aliphatic rings. The molecular formula is C16H22FNO. The zero-order chi connectivity index (χ0) is 14.3. The summed E-state index contributed by atoms with van der Waals surface area (Å²) in [5.74, 6) is 6.24. The van der Waals surface area contributed by atoms with Crippen LogP contribution in [-0.4, -0.2) is 12.1 Å². The molecule has 0 saturated carbocycles. The molecule has 1 aromatic rings. The van der Waals surface area contributed by atoms with Crippen LogP contribution in [0.2, 0.25) is 0 Å². The Morgan fingerprint density at radius 3 is 2.68 bits per heavy atom. The minimum atomic E-state index is -0.244. The second kappa shape index (κ2) is 7.16. The van der Waals surface area contributed by atoms with Gasteiger partial charge >= 0.3 is 0 Å². The molecule has 0 bridgehead atoms. The highest BCUT2D eigenvalue weighted by atomic mass is 19.1. The highest BCUT2D eigenvalue weighted by Crippen LogP contribution is 2.20. The van der Waals surface area contributed by atoms with E-state index in [-0.39, 0.29) is 11.4 Å². The number of halogens is 1. The quantitative estimate of drug-likeness (QED) is 0.648. The van der Waals surface area contributed by atoms with E-state index in [2.05, 4.69) is 37.9 Å². The van der Waals surface area contributed by atoms with Crippen LogP contribution in [0.3, 0.4) is 0 Å². The standard InChI is InChI=1S/C16H22FNO/c1-5-6-7-10-19-15-9-8-14(17)11-13(15)12-18-16(2,3)4/h8-9,11,18H,7,10,12H2,1-4H3. The van der Waals surface area contributed by atoms with Crippen molar-refractivity contribution in [2.75, 3.05) is 6.61 Å². The summed E-state index contributed by atoms with van der Waals surface area (Å²) in [7, 11) is 0. The maximum atomic E-state index is 13.3. The number of ether oxygens (including phenoxy) is 1. The lowest BCUT2D eigenvalue weighted by atomic mass is 10.1. The zero-order valence-corrected chi connectivity index (χ0v) is 12.1. The highest BCUT2D eigenvalue weighted by molar-refractivity contribution is 5.34. The first-order chi connectivity index (χ1) is 8.92. The van der Waals surface area contributed by atoms with Crippen LogP contribution in [0, 0.1) is 17.7 Å². The van der Waals surface area contributed by atoms with Gasteiger partial charge in [0.25, 0.3) is 0 Å². The Hall–Kier alpha value is -1.53. The van der Waals surface area contributed by atoms with E-state index >= 15 is 0 Å². The maximum Gasteiger partial charge on any atom is 0.124 e. The fourth-order valence-corrected chi connectivity index (χ4v) is 1.52. The molecule has 0 heterocycles. The molecule has 0 aromatic heterocycles. The molecule has 0 saturated heterocycles. The smallest absolute Gasteiger partial charge is 0.124 e. The van der Waals surface area contributed by atoms with Crippen LogP contribution in [0.4, 0.5) is 4.39 Å². The molecule has 0 radical (unpaired) electrons. The number of benzene rings is 1. The SMILES string of the molecule is CC#CCCOc1ccc(F)cc1CNC(C)(C)C. The Morgan fingerprint density at radius 2 is 2.05 bits per heavy atom. The van der Waals surface area contributed by atoms with Crippen molar-refractivity contribution in [3.8, 4) is 17.6 Å². The van der Waals surface area contributed by atoms with Crippen molar-refractivity contribution in [1.82, 2.24) is 5.32 Å². The number of rotatable bonds is 5. The van der Waals surface area contributed by atoms with Crippen LogP contribution in [0.5, 0.6) is 5.75 Å². The summed E-state index contributed by atoms with van der Waals surface area (Å²) in [5.41, 5.74) is 0.816. The van der Waals surface area contributed by atoms with Crippen LogP contribution in [0.15, 0.2) is 18.2 Å². The Balaban J connectivity index is 2.70. The van der Waals surface area contributed by atoms with Crippen molar-refractivity contribution in [1.29, 1.82) is 0 Å². The topological polar surface area (TPSA) is 21.3 Å². The number of nitrogens with one attached hydrogen (secondary N) is 1. The molecule has 0 unspecified atom stereocenters. The van der Waals surface area contributed by atoms with E-state index < -0.39 is 0 Å². The predicted octanol–water partition coefficient (Wildman–Crippen LogP) is 3.51. The normalized spacial score (nSPS) is 10.8. The Kier molecular flexibility index (Phi) is 5.85.